The molecule has 0 saturated carbocycles. The number of carbonyl (C=O) groups is 3. The first kappa shape index (κ1) is 19.8. The van der Waals surface area contributed by atoms with Gasteiger partial charge in [-0.1, -0.05) is 65.9 Å². The average molecular weight is 411 g/mol. The number of rotatable bonds is 5. The minimum absolute atomic E-state index is 0.0514. The Balaban J connectivity index is 1.68. The summed E-state index contributed by atoms with van der Waals surface area (Å²) in [6, 6.07) is 13.4. The summed E-state index contributed by atoms with van der Waals surface area (Å²) in [4.78, 5) is 37.5. The van der Waals surface area contributed by atoms with Crippen LogP contribution in [0.5, 0.6) is 0 Å². The molecule has 8 heteroatoms. The predicted molar refractivity (Wildman–Crippen MR) is 110 cm³/mol. The maximum Gasteiger partial charge on any atom is 0.266 e. The van der Waals surface area contributed by atoms with E-state index in [4.69, 9.17) is 12.2 Å². The first-order valence-corrected chi connectivity index (χ1v) is 9.49. The molecule has 0 atom stereocenters. The lowest BCUT2D eigenvalue weighted by Crippen LogP contribution is -2.36. The molecule has 2 aromatic carbocycles. The van der Waals surface area contributed by atoms with E-state index >= 15 is 0 Å². The Kier molecular flexibility index (Phi) is 5.91. The lowest BCUT2D eigenvalue weighted by atomic mass is 10.1. The minimum atomic E-state index is -1.34. The van der Waals surface area contributed by atoms with E-state index in [1.54, 1.807) is 12.1 Å². The van der Waals surface area contributed by atoms with Crippen LogP contribution in [0.25, 0.3) is 6.08 Å². The van der Waals surface area contributed by atoms with E-state index in [1.807, 2.05) is 31.2 Å². The van der Waals surface area contributed by atoms with Gasteiger partial charge in [-0.3, -0.25) is 14.5 Å². The predicted octanol–water partition coefficient (Wildman–Crippen LogP) is 2.20. The highest BCUT2D eigenvalue weighted by atomic mass is 32.2. The van der Waals surface area contributed by atoms with Crippen molar-refractivity contribution in [2.75, 3.05) is 11.9 Å². The number of benzene rings is 2. The molecule has 1 aliphatic rings. The number of carboxylic acid groups (broad SMARTS) is 1. The second-order valence-corrected chi connectivity index (χ2v) is 7.77. The lowest BCUT2D eigenvalue weighted by molar-refractivity contribution is -0.255. The molecule has 1 aliphatic heterocycles. The van der Waals surface area contributed by atoms with Gasteiger partial charge in [0.25, 0.3) is 5.91 Å². The number of thiocarbonyl (C=S) groups is 1. The van der Waals surface area contributed by atoms with Gasteiger partial charge in [-0.2, -0.15) is 0 Å². The van der Waals surface area contributed by atoms with Gasteiger partial charge in [0.05, 0.1) is 10.9 Å². The fourth-order valence-electron chi connectivity index (χ4n) is 2.52. The summed E-state index contributed by atoms with van der Waals surface area (Å²) in [5, 5.41) is 13.5. The van der Waals surface area contributed by atoms with Crippen molar-refractivity contribution < 1.29 is 19.5 Å². The molecule has 1 heterocycles. The number of hydrogen-bond acceptors (Lipinski definition) is 6. The molecule has 3 rings (SSSR count). The highest BCUT2D eigenvalue weighted by Gasteiger charge is 2.33. The molecule has 2 amide bonds. The molecule has 1 fully saturated rings. The third kappa shape index (κ3) is 4.65. The molecule has 142 valence electrons. The summed E-state index contributed by atoms with van der Waals surface area (Å²) < 4.78 is 0.294. The Hall–Kier alpha value is -2.97. The SMILES string of the molecule is Cc1ccc(C=C2SC(=S)N(CC(=O)Nc3cccc(C(=O)[O-])c3)C2=O)cc1. The van der Waals surface area contributed by atoms with Gasteiger partial charge in [0.2, 0.25) is 5.91 Å². The second kappa shape index (κ2) is 8.37. The van der Waals surface area contributed by atoms with Gasteiger partial charge in [0.15, 0.2) is 0 Å². The van der Waals surface area contributed by atoms with E-state index in [9.17, 15) is 19.5 Å². The zero-order valence-electron chi connectivity index (χ0n) is 14.8. The van der Waals surface area contributed by atoms with Crippen LogP contribution in [-0.4, -0.2) is 33.5 Å². The number of carboxylic acids is 1. The minimum Gasteiger partial charge on any atom is -0.545 e. The van der Waals surface area contributed by atoms with Crippen molar-refractivity contribution in [3.05, 3.63) is 70.1 Å². The monoisotopic (exact) mass is 411 g/mol. The van der Waals surface area contributed by atoms with Crippen LogP contribution in [0.2, 0.25) is 0 Å². The van der Waals surface area contributed by atoms with E-state index in [2.05, 4.69) is 5.32 Å². The van der Waals surface area contributed by atoms with Crippen LogP contribution in [0, 0.1) is 6.92 Å². The lowest BCUT2D eigenvalue weighted by Gasteiger charge is -2.14. The van der Waals surface area contributed by atoms with Gasteiger partial charge >= 0.3 is 0 Å². The fourth-order valence-corrected chi connectivity index (χ4v) is 3.77. The molecule has 1 saturated heterocycles. The van der Waals surface area contributed by atoms with E-state index in [-0.39, 0.29) is 18.0 Å². The van der Waals surface area contributed by atoms with E-state index < -0.39 is 11.9 Å². The Morgan fingerprint density at radius 2 is 1.93 bits per heavy atom. The van der Waals surface area contributed by atoms with Crippen LogP contribution in [0.15, 0.2) is 53.4 Å². The molecule has 0 aliphatic carbocycles. The Labute approximate surface area is 171 Å². The third-order valence-corrected chi connectivity index (χ3v) is 5.31. The van der Waals surface area contributed by atoms with Crippen LogP contribution in [-0.2, 0) is 9.59 Å². The van der Waals surface area contributed by atoms with Gasteiger partial charge in [0, 0.05) is 5.69 Å². The number of carbonyl (C=O) groups excluding carboxylic acids is 3. The second-order valence-electron chi connectivity index (χ2n) is 6.09. The molecule has 0 aromatic heterocycles. The highest BCUT2D eigenvalue weighted by molar-refractivity contribution is 8.26. The zero-order chi connectivity index (χ0) is 20.3. The smallest absolute Gasteiger partial charge is 0.266 e. The number of hydrogen-bond donors (Lipinski definition) is 1. The van der Waals surface area contributed by atoms with Crippen molar-refractivity contribution in [3.63, 3.8) is 0 Å². The highest BCUT2D eigenvalue weighted by Crippen LogP contribution is 2.32. The molecule has 28 heavy (non-hydrogen) atoms. The topological polar surface area (TPSA) is 89.5 Å². The number of thioether (sulfide) groups is 1. The number of aryl methyl sites for hydroxylation is 1. The van der Waals surface area contributed by atoms with Crippen molar-refractivity contribution in [3.8, 4) is 0 Å². The number of amides is 2. The normalized spacial score (nSPS) is 15.2. The summed E-state index contributed by atoms with van der Waals surface area (Å²) >= 11 is 6.37. The van der Waals surface area contributed by atoms with Gasteiger partial charge < -0.3 is 15.2 Å². The van der Waals surface area contributed by atoms with Crippen LogP contribution >= 0.6 is 24.0 Å². The molecule has 0 unspecified atom stereocenters. The maximum absolute atomic E-state index is 12.6. The third-order valence-electron chi connectivity index (χ3n) is 3.93. The summed E-state index contributed by atoms with van der Waals surface area (Å²) in [6.07, 6.45) is 1.74. The largest absolute Gasteiger partial charge is 0.545 e. The van der Waals surface area contributed by atoms with Gasteiger partial charge in [0.1, 0.15) is 10.9 Å². The van der Waals surface area contributed by atoms with Crippen LogP contribution in [0.3, 0.4) is 0 Å². The summed E-state index contributed by atoms with van der Waals surface area (Å²) in [6.45, 7) is 1.72. The van der Waals surface area contributed by atoms with Crippen LogP contribution in [0.4, 0.5) is 5.69 Å². The van der Waals surface area contributed by atoms with Crippen molar-refractivity contribution in [2.45, 2.75) is 6.92 Å². The maximum atomic E-state index is 12.6. The molecular formula is C20H15N2O4S2-. The molecule has 2 aromatic rings. The molecular weight excluding hydrogens is 396 g/mol. The first-order valence-electron chi connectivity index (χ1n) is 8.27. The molecule has 0 spiro atoms. The fraction of sp³-hybridized carbons (Fsp3) is 0.100. The van der Waals surface area contributed by atoms with Crippen LogP contribution in [0.1, 0.15) is 21.5 Å². The Bertz CT molecular complexity index is 1000. The van der Waals surface area contributed by atoms with E-state index in [1.165, 1.54) is 23.1 Å². The van der Waals surface area contributed by atoms with Gasteiger partial charge in [-0.15, -0.1) is 0 Å². The van der Waals surface area contributed by atoms with Crippen molar-refractivity contribution >= 4 is 57.8 Å². The van der Waals surface area contributed by atoms with E-state index in [0.29, 0.717) is 14.9 Å². The summed E-state index contributed by atoms with van der Waals surface area (Å²) in [5.74, 6) is -2.16. The first-order chi connectivity index (χ1) is 13.3. The van der Waals surface area contributed by atoms with Crippen molar-refractivity contribution in [1.82, 2.24) is 4.90 Å². The summed E-state index contributed by atoms with van der Waals surface area (Å²) in [7, 11) is 0. The Morgan fingerprint density at radius 1 is 1.21 bits per heavy atom. The number of aromatic carboxylic acids is 1. The molecule has 6 nitrogen and oxygen atoms in total. The van der Waals surface area contributed by atoms with Gasteiger partial charge in [-0.25, -0.2) is 0 Å². The van der Waals surface area contributed by atoms with Gasteiger partial charge in [-0.05, 0) is 36.3 Å². The Morgan fingerprint density at radius 3 is 2.61 bits per heavy atom. The number of nitrogens with zero attached hydrogens (tertiary/aromatic N) is 1. The quantitative estimate of drug-likeness (QED) is 0.599. The van der Waals surface area contributed by atoms with Crippen molar-refractivity contribution in [1.29, 1.82) is 0 Å². The molecule has 0 bridgehead atoms. The average Bonchev–Trinajstić information content (AvgIpc) is 2.91. The molecule has 0 radical (unpaired) electrons. The standard InChI is InChI=1S/C20H16N2O4S2/c1-12-5-7-13(8-6-12)9-16-18(24)22(20(27)28-16)11-17(23)21-15-4-2-3-14(10-15)19(25)26/h2-10H,11H2,1H3,(H,21,23)(H,25,26)/p-1. The van der Waals surface area contributed by atoms with Crippen LogP contribution < -0.4 is 10.4 Å². The summed E-state index contributed by atoms with van der Waals surface area (Å²) in [5.41, 5.74) is 2.23. The molecule has 1 N–H and O–H groups in total. The van der Waals surface area contributed by atoms with E-state index in [0.717, 1.165) is 22.9 Å². The zero-order valence-corrected chi connectivity index (χ0v) is 16.4. The number of nitrogens with one attached hydrogen (secondary N) is 1. The number of anilines is 1. The van der Waals surface area contributed by atoms with Crippen molar-refractivity contribution in [2.24, 2.45) is 0 Å².